The molecular weight excluding hydrogens is 447 g/mol. The van der Waals surface area contributed by atoms with Crippen molar-refractivity contribution in [3.05, 3.63) is 93.8 Å². The maximum absolute atomic E-state index is 14.6. The van der Waals surface area contributed by atoms with Crippen LogP contribution >= 0.6 is 11.8 Å². The molecule has 0 unspecified atom stereocenters. The van der Waals surface area contributed by atoms with Gasteiger partial charge in [0.1, 0.15) is 11.6 Å². The number of nitro groups is 1. The number of halogens is 1. The molecule has 0 bridgehead atoms. The van der Waals surface area contributed by atoms with E-state index in [0.717, 1.165) is 5.69 Å². The number of para-hydroxylation sites is 1. The minimum Gasteiger partial charge on any atom is -0.467 e. The monoisotopic (exact) mass is 464 g/mol. The molecule has 3 aromatic carbocycles. The molecule has 0 N–H and O–H groups in total. The van der Waals surface area contributed by atoms with Crippen molar-refractivity contribution in [2.75, 3.05) is 6.79 Å². The maximum atomic E-state index is 14.6. The molecule has 33 heavy (non-hydrogen) atoms. The van der Waals surface area contributed by atoms with Crippen LogP contribution < -0.4 is 4.74 Å². The first-order valence-electron chi connectivity index (χ1n) is 10.0. The van der Waals surface area contributed by atoms with Crippen LogP contribution in [0.2, 0.25) is 0 Å². The normalized spacial score (nSPS) is 12.8. The van der Waals surface area contributed by atoms with Crippen LogP contribution in [0.4, 0.5) is 10.1 Å². The van der Waals surface area contributed by atoms with Crippen LogP contribution in [-0.2, 0) is 17.1 Å². The lowest BCUT2D eigenvalue weighted by Crippen LogP contribution is -2.13. The summed E-state index contributed by atoms with van der Waals surface area (Å²) in [6, 6.07) is 18.7. The molecule has 5 rings (SSSR count). The lowest BCUT2D eigenvalue weighted by Gasteiger charge is -2.20. The Morgan fingerprint density at radius 3 is 2.67 bits per heavy atom. The predicted molar refractivity (Wildman–Crippen MR) is 120 cm³/mol. The summed E-state index contributed by atoms with van der Waals surface area (Å²) in [5.41, 5.74) is 2.35. The highest BCUT2D eigenvalue weighted by Crippen LogP contribution is 2.37. The molecule has 8 nitrogen and oxygen atoms in total. The smallest absolute Gasteiger partial charge is 0.270 e. The molecule has 166 valence electrons. The van der Waals surface area contributed by atoms with E-state index in [1.807, 2.05) is 30.3 Å². The first-order chi connectivity index (χ1) is 16.1. The van der Waals surface area contributed by atoms with E-state index >= 15 is 0 Å². The number of fused-ring (bicyclic) bond motifs is 1. The van der Waals surface area contributed by atoms with Gasteiger partial charge < -0.3 is 9.47 Å². The zero-order chi connectivity index (χ0) is 22.8. The van der Waals surface area contributed by atoms with E-state index in [2.05, 4.69) is 10.2 Å². The number of hydrogen-bond donors (Lipinski definition) is 0. The number of benzene rings is 3. The molecule has 1 aliphatic rings. The van der Waals surface area contributed by atoms with Crippen LogP contribution in [-0.4, -0.2) is 26.5 Å². The van der Waals surface area contributed by atoms with E-state index in [9.17, 15) is 14.5 Å². The summed E-state index contributed by atoms with van der Waals surface area (Å²) in [7, 11) is 0. The average Bonchev–Trinajstić information content (AvgIpc) is 3.26. The van der Waals surface area contributed by atoms with Crippen LogP contribution in [0.25, 0.3) is 17.1 Å². The van der Waals surface area contributed by atoms with Crippen LogP contribution in [0.1, 0.15) is 11.1 Å². The molecule has 0 saturated carbocycles. The molecule has 10 heteroatoms. The van der Waals surface area contributed by atoms with Gasteiger partial charge in [-0.1, -0.05) is 42.1 Å². The number of ether oxygens (including phenoxy) is 2. The second-order valence-corrected chi connectivity index (χ2v) is 8.15. The Morgan fingerprint density at radius 2 is 1.88 bits per heavy atom. The molecule has 4 aromatic rings. The summed E-state index contributed by atoms with van der Waals surface area (Å²) in [4.78, 5) is 11.0. The third kappa shape index (κ3) is 4.18. The number of aromatic nitrogens is 3. The van der Waals surface area contributed by atoms with E-state index in [-0.39, 0.29) is 19.1 Å². The van der Waals surface area contributed by atoms with Gasteiger partial charge in [0.2, 0.25) is 0 Å². The summed E-state index contributed by atoms with van der Waals surface area (Å²) >= 11 is 1.33. The van der Waals surface area contributed by atoms with Crippen molar-refractivity contribution in [1.29, 1.82) is 0 Å². The van der Waals surface area contributed by atoms with E-state index in [1.54, 1.807) is 22.8 Å². The molecule has 0 saturated heterocycles. The number of hydrogen-bond acceptors (Lipinski definition) is 7. The Kier molecular flexibility index (Phi) is 5.76. The van der Waals surface area contributed by atoms with Crippen molar-refractivity contribution in [2.45, 2.75) is 17.5 Å². The van der Waals surface area contributed by atoms with Crippen molar-refractivity contribution in [3.63, 3.8) is 0 Å². The second-order valence-electron chi connectivity index (χ2n) is 7.21. The average molecular weight is 464 g/mol. The fraction of sp³-hybridized carbons (Fsp3) is 0.130. The maximum Gasteiger partial charge on any atom is 0.270 e. The number of nitro benzene ring substituents is 1. The minimum atomic E-state index is -0.439. The predicted octanol–water partition coefficient (Wildman–Crippen LogP) is 5.14. The van der Waals surface area contributed by atoms with Crippen molar-refractivity contribution in [1.82, 2.24) is 14.8 Å². The minimum absolute atomic E-state index is 0.0324. The van der Waals surface area contributed by atoms with E-state index in [1.165, 1.54) is 30.0 Å². The summed E-state index contributed by atoms with van der Waals surface area (Å²) in [5, 5.41) is 20.5. The molecule has 2 heterocycles. The van der Waals surface area contributed by atoms with Crippen LogP contribution in [0, 0.1) is 15.9 Å². The molecule has 0 spiro atoms. The first-order valence-corrected chi connectivity index (χ1v) is 11.0. The molecule has 0 fully saturated rings. The highest BCUT2D eigenvalue weighted by Gasteiger charge is 2.23. The number of nitrogens with zero attached hydrogens (tertiary/aromatic N) is 4. The van der Waals surface area contributed by atoms with Gasteiger partial charge in [-0.15, -0.1) is 10.2 Å². The Hall–Kier alpha value is -3.76. The van der Waals surface area contributed by atoms with Crippen molar-refractivity contribution in [2.24, 2.45) is 0 Å². The van der Waals surface area contributed by atoms with Crippen molar-refractivity contribution >= 4 is 17.4 Å². The van der Waals surface area contributed by atoms with E-state index in [0.29, 0.717) is 39.2 Å². The molecule has 1 aromatic heterocycles. The lowest BCUT2D eigenvalue weighted by molar-refractivity contribution is -0.385. The van der Waals surface area contributed by atoms with Crippen LogP contribution in [0.3, 0.4) is 0 Å². The third-order valence-corrected chi connectivity index (χ3v) is 6.08. The van der Waals surface area contributed by atoms with Gasteiger partial charge in [0.05, 0.1) is 17.1 Å². The van der Waals surface area contributed by atoms with Crippen molar-refractivity contribution in [3.8, 4) is 22.8 Å². The first kappa shape index (κ1) is 21.1. The summed E-state index contributed by atoms with van der Waals surface area (Å²) in [6.07, 6.45) is 0. The molecule has 0 radical (unpaired) electrons. The largest absolute Gasteiger partial charge is 0.467 e. The molecule has 0 atom stereocenters. The Labute approximate surface area is 192 Å². The van der Waals surface area contributed by atoms with Crippen molar-refractivity contribution < 1.29 is 18.8 Å². The molecular formula is C23H17FN4O4S. The van der Waals surface area contributed by atoms with Gasteiger partial charge in [-0.2, -0.15) is 0 Å². The number of rotatable bonds is 6. The summed E-state index contributed by atoms with van der Waals surface area (Å²) in [6.45, 7) is 0.326. The summed E-state index contributed by atoms with van der Waals surface area (Å²) in [5.74, 6) is 0.887. The fourth-order valence-electron chi connectivity index (χ4n) is 3.63. The van der Waals surface area contributed by atoms with Gasteiger partial charge in [-0.05, 0) is 24.3 Å². The fourth-order valence-corrected chi connectivity index (χ4v) is 4.54. The Balaban J connectivity index is 1.55. The quantitative estimate of drug-likeness (QED) is 0.222. The lowest BCUT2D eigenvalue weighted by atomic mass is 10.1. The third-order valence-electron chi connectivity index (χ3n) is 5.10. The van der Waals surface area contributed by atoms with E-state index in [4.69, 9.17) is 9.47 Å². The second kappa shape index (κ2) is 9.00. The Morgan fingerprint density at radius 1 is 1.09 bits per heavy atom. The zero-order valence-corrected chi connectivity index (χ0v) is 18.0. The molecule has 0 aliphatic carbocycles. The van der Waals surface area contributed by atoms with Gasteiger partial charge in [0.25, 0.3) is 5.69 Å². The Bertz CT molecular complexity index is 1330. The van der Waals surface area contributed by atoms with Crippen LogP contribution in [0.5, 0.6) is 5.75 Å². The van der Waals surface area contributed by atoms with Gasteiger partial charge >= 0.3 is 0 Å². The topological polar surface area (TPSA) is 92.3 Å². The molecule has 0 amide bonds. The highest BCUT2D eigenvalue weighted by molar-refractivity contribution is 7.98. The number of non-ortho nitro benzene ring substituents is 1. The van der Waals surface area contributed by atoms with Gasteiger partial charge in [-0.25, -0.2) is 4.39 Å². The standard InChI is InChI=1S/C23H17FN4O4S/c24-20-9-5-4-8-19(20)22-25-26-23(27(22)17-6-2-1-3-7-17)33-13-16-11-18(28(29)30)10-15-12-31-14-32-21(15)16/h1-11H,12-14H2. The van der Waals surface area contributed by atoms with Gasteiger partial charge in [0, 0.05) is 34.7 Å². The SMILES string of the molecule is O=[N+]([O-])c1cc2c(c(CSc3nnc(-c4ccccc4F)n3-c3ccccc3)c1)OCOC2. The van der Waals surface area contributed by atoms with Gasteiger partial charge in [-0.3, -0.25) is 14.7 Å². The molecule has 1 aliphatic heterocycles. The zero-order valence-electron chi connectivity index (χ0n) is 17.2. The number of thioether (sulfide) groups is 1. The highest BCUT2D eigenvalue weighted by atomic mass is 32.2. The summed E-state index contributed by atoms with van der Waals surface area (Å²) < 4.78 is 27.2. The van der Waals surface area contributed by atoms with Crippen LogP contribution in [0.15, 0.2) is 71.9 Å². The van der Waals surface area contributed by atoms with E-state index < -0.39 is 10.7 Å². The van der Waals surface area contributed by atoms with Gasteiger partial charge in [0.15, 0.2) is 17.8 Å².